The van der Waals surface area contributed by atoms with Gasteiger partial charge >= 0.3 is 18.0 Å². The molecule has 2 amide bonds. The predicted octanol–water partition coefficient (Wildman–Crippen LogP) is 2.07. The molecule has 0 fully saturated rings. The number of carbonyl (C=O) groups is 2. The lowest BCUT2D eigenvalue weighted by atomic mass is 10.1. The summed E-state index contributed by atoms with van der Waals surface area (Å²) >= 11 is 0. The Balaban J connectivity index is 1.65. The van der Waals surface area contributed by atoms with Crippen molar-refractivity contribution in [3.63, 3.8) is 0 Å². The Hall–Kier alpha value is -3.90. The Morgan fingerprint density at radius 1 is 1.26 bits per heavy atom. The third-order valence-corrected chi connectivity index (χ3v) is 4.69. The van der Waals surface area contributed by atoms with E-state index >= 15 is 0 Å². The summed E-state index contributed by atoms with van der Waals surface area (Å²) in [5.41, 5.74) is 4.55. The molecule has 1 aliphatic heterocycles. The van der Waals surface area contributed by atoms with Gasteiger partial charge in [0.05, 0.1) is 30.2 Å². The van der Waals surface area contributed by atoms with E-state index in [2.05, 4.69) is 15.4 Å². The summed E-state index contributed by atoms with van der Waals surface area (Å²) in [5.74, 6) is -4.00. The van der Waals surface area contributed by atoms with Crippen LogP contribution in [0.4, 0.5) is 34.8 Å². The van der Waals surface area contributed by atoms with Crippen molar-refractivity contribution in [1.29, 1.82) is 0 Å². The van der Waals surface area contributed by atoms with Crippen LogP contribution in [-0.4, -0.2) is 39.7 Å². The summed E-state index contributed by atoms with van der Waals surface area (Å²) < 4.78 is 59.8. The molecule has 1 aromatic carbocycles. The van der Waals surface area contributed by atoms with Gasteiger partial charge in [-0.1, -0.05) is 0 Å². The lowest BCUT2D eigenvalue weighted by Crippen LogP contribution is -2.44. The van der Waals surface area contributed by atoms with Gasteiger partial charge in [-0.2, -0.15) is 18.3 Å². The SMILES string of the molecule is Cn1ncc2c(NC(=O)C(=O)N3CCOc4cc(C(F)(F)F)cc(F)c43)cnc(N)c21. The third kappa shape index (κ3) is 3.47. The summed E-state index contributed by atoms with van der Waals surface area (Å²) in [6, 6.07) is 0.827. The Morgan fingerprint density at radius 2 is 2.00 bits per heavy atom. The van der Waals surface area contributed by atoms with Crippen molar-refractivity contribution >= 4 is 39.9 Å². The number of aryl methyl sites for hydroxylation is 1. The fourth-order valence-electron chi connectivity index (χ4n) is 3.27. The average Bonchev–Trinajstić information content (AvgIpc) is 3.11. The Kier molecular flexibility index (Phi) is 4.67. The maximum atomic E-state index is 14.5. The van der Waals surface area contributed by atoms with Gasteiger partial charge < -0.3 is 15.8 Å². The fraction of sp³-hybridized carbons (Fsp3) is 0.222. The highest BCUT2D eigenvalue weighted by molar-refractivity contribution is 6.45. The Bertz CT molecular complexity index is 1220. The van der Waals surface area contributed by atoms with E-state index in [0.717, 1.165) is 4.90 Å². The van der Waals surface area contributed by atoms with Gasteiger partial charge in [0.1, 0.15) is 29.4 Å². The summed E-state index contributed by atoms with van der Waals surface area (Å²) in [7, 11) is 1.61. The topological polar surface area (TPSA) is 115 Å². The number of hydrogen-bond donors (Lipinski definition) is 2. The van der Waals surface area contributed by atoms with Crippen molar-refractivity contribution in [2.24, 2.45) is 7.05 Å². The van der Waals surface area contributed by atoms with Crippen molar-refractivity contribution in [3.8, 4) is 5.75 Å². The molecule has 1 aliphatic rings. The molecule has 3 heterocycles. The van der Waals surface area contributed by atoms with Crippen LogP contribution in [0.2, 0.25) is 0 Å². The van der Waals surface area contributed by atoms with E-state index in [1.54, 1.807) is 7.05 Å². The highest BCUT2D eigenvalue weighted by Crippen LogP contribution is 2.40. The van der Waals surface area contributed by atoms with Crippen molar-refractivity contribution in [2.45, 2.75) is 6.18 Å². The standard InChI is InChI=1S/C18H14F4N6O3/c1-27-13-9(6-25-27)11(7-24-15(13)23)26-16(29)17(30)28-2-3-31-12-5-8(18(20,21)22)4-10(19)14(12)28/h4-7H,2-3H2,1H3,(H2,23,24)(H,26,29). The van der Waals surface area contributed by atoms with Gasteiger partial charge in [0.15, 0.2) is 5.82 Å². The molecule has 13 heteroatoms. The minimum atomic E-state index is -4.81. The molecule has 0 spiro atoms. The quantitative estimate of drug-likeness (QED) is 0.444. The maximum Gasteiger partial charge on any atom is 0.416 e. The van der Waals surface area contributed by atoms with Crippen molar-refractivity contribution in [2.75, 3.05) is 29.1 Å². The first-order valence-corrected chi connectivity index (χ1v) is 8.80. The van der Waals surface area contributed by atoms with Crippen LogP contribution in [0, 0.1) is 5.82 Å². The molecule has 162 valence electrons. The number of nitrogens with two attached hydrogens (primary N) is 1. The maximum absolute atomic E-state index is 14.5. The molecule has 2 aromatic heterocycles. The summed E-state index contributed by atoms with van der Waals surface area (Å²) in [5, 5.41) is 6.80. The average molecular weight is 438 g/mol. The van der Waals surface area contributed by atoms with Crippen molar-refractivity contribution in [1.82, 2.24) is 14.8 Å². The lowest BCUT2D eigenvalue weighted by Gasteiger charge is -2.30. The first-order valence-electron chi connectivity index (χ1n) is 8.80. The minimum Gasteiger partial charge on any atom is -0.489 e. The van der Waals surface area contributed by atoms with E-state index in [9.17, 15) is 27.2 Å². The number of alkyl halides is 3. The molecular weight excluding hydrogens is 424 g/mol. The van der Waals surface area contributed by atoms with Gasteiger partial charge in [0.25, 0.3) is 0 Å². The van der Waals surface area contributed by atoms with Gasteiger partial charge in [-0.05, 0) is 12.1 Å². The van der Waals surface area contributed by atoms with Crippen molar-refractivity contribution < 1.29 is 31.9 Å². The zero-order chi connectivity index (χ0) is 22.5. The zero-order valence-electron chi connectivity index (χ0n) is 15.8. The molecule has 0 aliphatic carbocycles. The second kappa shape index (κ2) is 7.11. The number of fused-ring (bicyclic) bond motifs is 2. The number of pyridine rings is 1. The molecule has 3 aromatic rings. The molecule has 3 N–H and O–H groups in total. The number of ether oxygens (including phenoxy) is 1. The number of hydrogen-bond acceptors (Lipinski definition) is 6. The fourth-order valence-corrected chi connectivity index (χ4v) is 3.27. The summed E-state index contributed by atoms with van der Waals surface area (Å²) in [6.07, 6.45) is -2.16. The number of nitrogens with one attached hydrogen (secondary N) is 1. The van der Waals surface area contributed by atoms with E-state index in [-0.39, 0.29) is 30.7 Å². The van der Waals surface area contributed by atoms with E-state index in [0.29, 0.717) is 17.0 Å². The van der Waals surface area contributed by atoms with Crippen molar-refractivity contribution in [3.05, 3.63) is 35.9 Å². The monoisotopic (exact) mass is 438 g/mol. The van der Waals surface area contributed by atoms with Crippen LogP contribution < -0.4 is 20.7 Å². The number of halogens is 4. The zero-order valence-corrected chi connectivity index (χ0v) is 15.8. The molecule has 31 heavy (non-hydrogen) atoms. The first kappa shape index (κ1) is 20.4. The van der Waals surface area contributed by atoms with E-state index in [4.69, 9.17) is 10.5 Å². The highest BCUT2D eigenvalue weighted by atomic mass is 19.4. The highest BCUT2D eigenvalue weighted by Gasteiger charge is 2.37. The van der Waals surface area contributed by atoms with Crippen LogP contribution in [0.1, 0.15) is 5.56 Å². The van der Waals surface area contributed by atoms with Crippen LogP contribution in [0.5, 0.6) is 5.75 Å². The molecule has 0 bridgehead atoms. The van der Waals surface area contributed by atoms with Crippen LogP contribution >= 0.6 is 0 Å². The van der Waals surface area contributed by atoms with Gasteiger partial charge in [-0.15, -0.1) is 0 Å². The number of nitrogen functional groups attached to an aromatic ring is 1. The van der Waals surface area contributed by atoms with Crippen LogP contribution in [0.25, 0.3) is 10.9 Å². The second-order valence-electron chi connectivity index (χ2n) is 6.65. The van der Waals surface area contributed by atoms with Gasteiger partial charge in [0, 0.05) is 12.4 Å². The summed E-state index contributed by atoms with van der Waals surface area (Å²) in [4.78, 5) is 29.9. The van der Waals surface area contributed by atoms with Gasteiger partial charge in [-0.3, -0.25) is 19.2 Å². The second-order valence-corrected chi connectivity index (χ2v) is 6.65. The third-order valence-electron chi connectivity index (χ3n) is 4.69. The first-order chi connectivity index (χ1) is 14.6. The van der Waals surface area contributed by atoms with E-state index in [1.807, 2.05) is 0 Å². The molecule has 0 radical (unpaired) electrons. The largest absolute Gasteiger partial charge is 0.489 e. The molecule has 9 nitrogen and oxygen atoms in total. The van der Waals surface area contributed by atoms with Crippen LogP contribution in [0.3, 0.4) is 0 Å². The molecule has 4 rings (SSSR count). The predicted molar refractivity (Wildman–Crippen MR) is 101 cm³/mol. The number of amides is 2. The number of aromatic nitrogens is 3. The summed E-state index contributed by atoms with van der Waals surface area (Å²) in [6.45, 7) is -0.452. The molecule has 0 unspecified atom stereocenters. The molecular formula is C18H14F4N6O3. The molecule has 0 atom stereocenters. The molecule has 0 saturated carbocycles. The number of anilines is 3. The number of rotatable bonds is 1. The minimum absolute atomic E-state index is 0.136. The number of carbonyl (C=O) groups excluding carboxylic acids is 2. The van der Waals surface area contributed by atoms with Gasteiger partial charge in [-0.25, -0.2) is 9.37 Å². The van der Waals surface area contributed by atoms with E-state index in [1.165, 1.54) is 17.1 Å². The Morgan fingerprint density at radius 3 is 2.71 bits per heavy atom. The lowest BCUT2D eigenvalue weighted by molar-refractivity contribution is -0.138. The van der Waals surface area contributed by atoms with Crippen LogP contribution in [-0.2, 0) is 22.8 Å². The number of nitrogens with zero attached hydrogens (tertiary/aromatic N) is 4. The van der Waals surface area contributed by atoms with Gasteiger partial charge in [0.2, 0.25) is 0 Å². The van der Waals surface area contributed by atoms with E-state index < -0.39 is 40.8 Å². The smallest absolute Gasteiger partial charge is 0.416 e. The molecule has 0 saturated heterocycles. The van der Waals surface area contributed by atoms with Crippen LogP contribution in [0.15, 0.2) is 24.5 Å². The normalized spacial score (nSPS) is 13.6. The Labute approximate surface area is 171 Å². The number of benzene rings is 1.